The van der Waals surface area contributed by atoms with Gasteiger partial charge in [0.05, 0.1) is 24.9 Å². The van der Waals surface area contributed by atoms with Crippen molar-refractivity contribution in [2.75, 3.05) is 18.4 Å². The van der Waals surface area contributed by atoms with Crippen molar-refractivity contribution in [1.29, 1.82) is 0 Å². The lowest BCUT2D eigenvalue weighted by molar-refractivity contribution is -0.931. The van der Waals surface area contributed by atoms with Gasteiger partial charge in [0.25, 0.3) is 5.91 Å². The molecule has 0 bridgehead atoms. The summed E-state index contributed by atoms with van der Waals surface area (Å²) in [4.78, 5) is 15.4. The normalized spacial score (nSPS) is 20.1. The zero-order chi connectivity index (χ0) is 21.3. The van der Waals surface area contributed by atoms with E-state index in [0.29, 0.717) is 5.76 Å². The predicted octanol–water partition coefficient (Wildman–Crippen LogP) is 4.75. The number of piperidine rings is 1. The standard InChI is InChI=1S/C24H27FN2O2S/c1-15-10-12-27(13-11-15)22(18-6-8-19(25)9-7-18)21-16(2)17(3)30-24(21)26-23(28)20-5-4-14-29-20/h4-9,14-15,22H,10-13H2,1-3H3,(H,26,28)/p+1/t22-/m1/s1. The Balaban J connectivity index is 1.76. The van der Waals surface area contributed by atoms with Crippen LogP contribution in [-0.2, 0) is 0 Å². The summed E-state index contributed by atoms with van der Waals surface area (Å²) in [5, 5.41) is 3.94. The van der Waals surface area contributed by atoms with Crippen LogP contribution in [0.1, 0.15) is 57.9 Å². The third kappa shape index (κ3) is 4.20. The fraction of sp³-hybridized carbons (Fsp3) is 0.375. The maximum Gasteiger partial charge on any atom is 0.291 e. The first-order chi connectivity index (χ1) is 14.4. The molecule has 1 aliphatic rings. The maximum absolute atomic E-state index is 13.7. The SMILES string of the molecule is Cc1sc(NC(=O)c2ccco2)c([C@@H](c2ccc(F)cc2)[NH+]2CCC(C)CC2)c1C. The molecule has 158 valence electrons. The Hall–Kier alpha value is -2.44. The number of benzene rings is 1. The first-order valence-corrected chi connectivity index (χ1v) is 11.3. The molecule has 1 fully saturated rings. The van der Waals surface area contributed by atoms with Gasteiger partial charge in [0.1, 0.15) is 16.9 Å². The number of thiophene rings is 1. The van der Waals surface area contributed by atoms with Crippen molar-refractivity contribution in [3.05, 3.63) is 75.8 Å². The monoisotopic (exact) mass is 427 g/mol. The zero-order valence-corrected chi connectivity index (χ0v) is 18.4. The molecule has 1 aliphatic heterocycles. The molecule has 1 amide bonds. The molecule has 0 aliphatic carbocycles. The molecule has 1 aromatic carbocycles. The quantitative estimate of drug-likeness (QED) is 0.617. The van der Waals surface area contributed by atoms with Crippen molar-refractivity contribution in [3.8, 4) is 0 Å². The molecular weight excluding hydrogens is 399 g/mol. The van der Waals surface area contributed by atoms with Gasteiger partial charge in [-0.05, 0) is 74.6 Å². The summed E-state index contributed by atoms with van der Waals surface area (Å²) in [6, 6.07) is 10.3. The second kappa shape index (κ2) is 8.74. The van der Waals surface area contributed by atoms with E-state index in [-0.39, 0.29) is 17.8 Å². The van der Waals surface area contributed by atoms with E-state index in [2.05, 4.69) is 26.1 Å². The highest BCUT2D eigenvalue weighted by Crippen LogP contribution is 2.39. The van der Waals surface area contributed by atoms with Gasteiger partial charge in [-0.15, -0.1) is 11.3 Å². The minimum Gasteiger partial charge on any atom is -0.459 e. The van der Waals surface area contributed by atoms with Crippen molar-refractivity contribution in [2.45, 2.75) is 39.7 Å². The number of furan rings is 1. The number of hydrogen-bond donors (Lipinski definition) is 2. The van der Waals surface area contributed by atoms with Crippen molar-refractivity contribution in [2.24, 2.45) is 5.92 Å². The van der Waals surface area contributed by atoms with Gasteiger partial charge in [-0.1, -0.05) is 6.92 Å². The number of rotatable bonds is 5. The topological polar surface area (TPSA) is 46.7 Å². The van der Waals surface area contributed by atoms with Gasteiger partial charge < -0.3 is 14.6 Å². The van der Waals surface area contributed by atoms with Gasteiger partial charge in [-0.3, -0.25) is 4.79 Å². The lowest BCUT2D eigenvalue weighted by Gasteiger charge is -2.34. The number of likely N-dealkylation sites (tertiary alicyclic amines) is 1. The summed E-state index contributed by atoms with van der Waals surface area (Å²) in [6.07, 6.45) is 3.84. The number of hydrogen-bond acceptors (Lipinski definition) is 3. The van der Waals surface area contributed by atoms with Crippen LogP contribution in [0.25, 0.3) is 0 Å². The van der Waals surface area contributed by atoms with E-state index in [9.17, 15) is 9.18 Å². The Labute approximate surface area is 180 Å². The van der Waals surface area contributed by atoms with E-state index in [1.165, 1.54) is 46.6 Å². The van der Waals surface area contributed by atoms with Crippen LogP contribution in [0.5, 0.6) is 0 Å². The third-order valence-corrected chi connectivity index (χ3v) is 7.36. The fourth-order valence-corrected chi connectivity index (χ4v) is 5.43. The summed E-state index contributed by atoms with van der Waals surface area (Å²) in [6.45, 7) is 8.62. The highest BCUT2D eigenvalue weighted by molar-refractivity contribution is 7.16. The number of anilines is 1. The summed E-state index contributed by atoms with van der Waals surface area (Å²) >= 11 is 1.60. The molecule has 6 heteroatoms. The van der Waals surface area contributed by atoms with Crippen LogP contribution in [0.2, 0.25) is 0 Å². The Bertz CT molecular complexity index is 1000. The second-order valence-electron chi connectivity index (χ2n) is 8.28. The Kier molecular flexibility index (Phi) is 6.06. The van der Waals surface area contributed by atoms with Gasteiger partial charge in [-0.25, -0.2) is 4.39 Å². The van der Waals surface area contributed by atoms with Crippen molar-refractivity contribution >= 4 is 22.2 Å². The minimum absolute atomic E-state index is 0.0509. The molecule has 0 spiro atoms. The number of carbonyl (C=O) groups is 1. The first-order valence-electron chi connectivity index (χ1n) is 10.5. The van der Waals surface area contributed by atoms with Crippen LogP contribution in [0.4, 0.5) is 9.39 Å². The van der Waals surface area contributed by atoms with Gasteiger partial charge in [0.2, 0.25) is 0 Å². The Morgan fingerprint density at radius 2 is 1.90 bits per heavy atom. The number of amides is 1. The van der Waals surface area contributed by atoms with E-state index in [1.807, 2.05) is 12.1 Å². The van der Waals surface area contributed by atoms with Gasteiger partial charge in [0, 0.05) is 10.4 Å². The summed E-state index contributed by atoms with van der Waals surface area (Å²) < 4.78 is 18.9. The number of nitrogens with one attached hydrogen (secondary N) is 2. The molecule has 1 atom stereocenters. The smallest absolute Gasteiger partial charge is 0.291 e. The summed E-state index contributed by atoms with van der Waals surface area (Å²) in [5.74, 6) is 0.542. The van der Waals surface area contributed by atoms with Crippen LogP contribution >= 0.6 is 11.3 Å². The lowest BCUT2D eigenvalue weighted by atomic mass is 9.91. The van der Waals surface area contributed by atoms with Gasteiger partial charge >= 0.3 is 0 Å². The van der Waals surface area contributed by atoms with Crippen LogP contribution in [-0.4, -0.2) is 19.0 Å². The summed E-state index contributed by atoms with van der Waals surface area (Å²) in [7, 11) is 0. The molecular formula is C24H28FN2O2S+. The van der Waals surface area contributed by atoms with Crippen molar-refractivity contribution < 1.29 is 18.5 Å². The molecule has 4 rings (SSSR count). The molecule has 2 aromatic heterocycles. The lowest BCUT2D eigenvalue weighted by Crippen LogP contribution is -3.13. The van der Waals surface area contributed by atoms with Crippen LogP contribution in [0.15, 0.2) is 47.1 Å². The number of halogens is 1. The third-order valence-electron chi connectivity index (χ3n) is 6.22. The molecule has 0 unspecified atom stereocenters. The maximum atomic E-state index is 13.7. The number of quaternary nitrogens is 1. The van der Waals surface area contributed by atoms with Gasteiger partial charge in [0.15, 0.2) is 5.76 Å². The van der Waals surface area contributed by atoms with Crippen molar-refractivity contribution in [1.82, 2.24) is 0 Å². The largest absolute Gasteiger partial charge is 0.459 e. The van der Waals surface area contributed by atoms with Crippen LogP contribution in [0, 0.1) is 25.6 Å². The van der Waals surface area contributed by atoms with E-state index >= 15 is 0 Å². The number of aryl methyl sites for hydroxylation is 1. The van der Waals surface area contributed by atoms with E-state index in [1.54, 1.807) is 23.5 Å². The fourth-order valence-electron chi connectivity index (χ4n) is 4.34. The molecule has 3 heterocycles. The molecule has 2 N–H and O–H groups in total. The molecule has 4 nitrogen and oxygen atoms in total. The molecule has 0 radical (unpaired) electrons. The zero-order valence-electron chi connectivity index (χ0n) is 17.6. The highest BCUT2D eigenvalue weighted by atomic mass is 32.1. The summed E-state index contributed by atoms with van der Waals surface area (Å²) in [5.41, 5.74) is 3.40. The molecule has 30 heavy (non-hydrogen) atoms. The van der Waals surface area contributed by atoms with Crippen molar-refractivity contribution in [3.63, 3.8) is 0 Å². The van der Waals surface area contributed by atoms with Crippen LogP contribution in [0.3, 0.4) is 0 Å². The van der Waals surface area contributed by atoms with E-state index < -0.39 is 0 Å². The minimum atomic E-state index is -0.248. The Morgan fingerprint density at radius 1 is 1.20 bits per heavy atom. The van der Waals surface area contributed by atoms with Gasteiger partial charge in [-0.2, -0.15) is 0 Å². The van der Waals surface area contributed by atoms with Crippen LogP contribution < -0.4 is 10.2 Å². The first kappa shape index (κ1) is 20.8. The molecule has 1 saturated heterocycles. The average molecular weight is 428 g/mol. The van der Waals surface area contributed by atoms with E-state index in [4.69, 9.17) is 4.42 Å². The second-order valence-corrected chi connectivity index (χ2v) is 9.51. The average Bonchev–Trinajstić information content (AvgIpc) is 3.36. The molecule has 0 saturated carbocycles. The number of carbonyl (C=O) groups excluding carboxylic acids is 1. The Morgan fingerprint density at radius 3 is 2.53 bits per heavy atom. The predicted molar refractivity (Wildman–Crippen MR) is 118 cm³/mol. The highest BCUT2D eigenvalue weighted by Gasteiger charge is 2.34. The van der Waals surface area contributed by atoms with E-state index in [0.717, 1.165) is 35.1 Å². The molecule has 3 aromatic rings.